The van der Waals surface area contributed by atoms with Crippen molar-refractivity contribution in [1.29, 1.82) is 0 Å². The van der Waals surface area contributed by atoms with Gasteiger partial charge >= 0.3 is 0 Å². The zero-order valence-corrected chi connectivity index (χ0v) is 9.59. The van der Waals surface area contributed by atoms with Gasteiger partial charge in [-0.05, 0) is 6.07 Å². The van der Waals surface area contributed by atoms with Gasteiger partial charge in [0.05, 0.1) is 6.61 Å². The molecule has 0 unspecified atom stereocenters. The first kappa shape index (κ1) is 13.4. The topological polar surface area (TPSA) is 86.3 Å². The van der Waals surface area contributed by atoms with Crippen LogP contribution in [-0.2, 0) is 16.1 Å². The molecule has 1 heterocycles. The lowest BCUT2D eigenvalue weighted by Gasteiger charge is -2.06. The molecule has 17 heavy (non-hydrogen) atoms. The van der Waals surface area contributed by atoms with Gasteiger partial charge < -0.3 is 20.4 Å². The summed E-state index contributed by atoms with van der Waals surface area (Å²) in [5.74, 6) is -0.471. The minimum Gasteiger partial charge on any atom is -0.370 e. The molecular formula is C11H17N3O3. The molecule has 0 saturated carbocycles. The largest absolute Gasteiger partial charge is 0.370 e. The number of ether oxygens (including phenoxy) is 1. The van der Waals surface area contributed by atoms with E-state index in [9.17, 15) is 9.59 Å². The van der Waals surface area contributed by atoms with Crippen molar-refractivity contribution in [1.82, 2.24) is 9.88 Å². The molecule has 94 valence electrons. The summed E-state index contributed by atoms with van der Waals surface area (Å²) < 4.78 is 6.59. The Morgan fingerprint density at radius 2 is 2.24 bits per heavy atom. The van der Waals surface area contributed by atoms with Crippen molar-refractivity contribution >= 4 is 5.91 Å². The van der Waals surface area contributed by atoms with E-state index in [4.69, 9.17) is 10.5 Å². The molecule has 0 radical (unpaired) electrons. The Morgan fingerprint density at radius 1 is 1.41 bits per heavy atom. The van der Waals surface area contributed by atoms with Crippen LogP contribution in [-0.4, -0.2) is 36.8 Å². The molecule has 1 aromatic heterocycles. The highest BCUT2D eigenvalue weighted by Crippen LogP contribution is 1.81. The van der Waals surface area contributed by atoms with E-state index in [1.165, 1.54) is 6.07 Å². The lowest BCUT2D eigenvalue weighted by molar-refractivity contribution is -0.122. The molecule has 0 aliphatic heterocycles. The summed E-state index contributed by atoms with van der Waals surface area (Å²) in [6.45, 7) is 2.26. The maximum Gasteiger partial charge on any atom is 0.250 e. The number of nitrogens with zero attached hydrogens (tertiary/aromatic N) is 1. The molecule has 1 aromatic rings. The number of carbonyl (C=O) groups is 1. The summed E-state index contributed by atoms with van der Waals surface area (Å²) in [6, 6.07) is 5.05. The van der Waals surface area contributed by atoms with Gasteiger partial charge in [0.15, 0.2) is 0 Å². The van der Waals surface area contributed by atoms with Crippen LogP contribution in [0.1, 0.15) is 0 Å². The molecule has 0 saturated heterocycles. The van der Waals surface area contributed by atoms with E-state index in [1.54, 1.807) is 16.8 Å². The quantitative estimate of drug-likeness (QED) is 0.566. The highest BCUT2D eigenvalue weighted by molar-refractivity contribution is 5.74. The van der Waals surface area contributed by atoms with Crippen LogP contribution >= 0.6 is 0 Å². The average molecular weight is 239 g/mol. The number of aromatic nitrogens is 1. The number of hydrogen-bond acceptors (Lipinski definition) is 4. The highest BCUT2D eigenvalue weighted by Gasteiger charge is 1.95. The molecule has 6 nitrogen and oxygen atoms in total. The van der Waals surface area contributed by atoms with Gasteiger partial charge in [0.2, 0.25) is 5.91 Å². The number of pyridine rings is 1. The van der Waals surface area contributed by atoms with Gasteiger partial charge in [0, 0.05) is 31.9 Å². The first-order valence-corrected chi connectivity index (χ1v) is 5.42. The summed E-state index contributed by atoms with van der Waals surface area (Å²) in [6.07, 6.45) is 1.74. The minimum absolute atomic E-state index is 0.0146. The van der Waals surface area contributed by atoms with Gasteiger partial charge in [0.25, 0.3) is 5.56 Å². The molecule has 0 aliphatic carbocycles. The zero-order valence-electron chi connectivity index (χ0n) is 9.59. The van der Waals surface area contributed by atoms with Gasteiger partial charge in [-0.15, -0.1) is 0 Å². The third kappa shape index (κ3) is 5.84. The summed E-state index contributed by atoms with van der Waals surface area (Å²) in [7, 11) is 0. The van der Waals surface area contributed by atoms with Gasteiger partial charge in [-0.1, -0.05) is 6.07 Å². The highest BCUT2D eigenvalue weighted by atomic mass is 16.5. The number of rotatable bonds is 8. The second-order valence-corrected chi connectivity index (χ2v) is 3.50. The Morgan fingerprint density at radius 3 is 2.94 bits per heavy atom. The van der Waals surface area contributed by atoms with Crippen molar-refractivity contribution in [2.75, 3.05) is 26.3 Å². The van der Waals surface area contributed by atoms with Crippen molar-refractivity contribution in [2.24, 2.45) is 5.73 Å². The van der Waals surface area contributed by atoms with Crippen LogP contribution in [0.5, 0.6) is 0 Å². The minimum atomic E-state index is -0.471. The summed E-state index contributed by atoms with van der Waals surface area (Å²) in [5.41, 5.74) is 4.89. The molecule has 1 amide bonds. The maximum absolute atomic E-state index is 11.3. The lowest BCUT2D eigenvalue weighted by atomic mass is 10.4. The fraction of sp³-hybridized carbons (Fsp3) is 0.455. The monoisotopic (exact) mass is 239 g/mol. The van der Waals surface area contributed by atoms with Crippen molar-refractivity contribution in [3.63, 3.8) is 0 Å². The van der Waals surface area contributed by atoms with E-state index >= 15 is 0 Å². The number of primary amides is 1. The normalized spacial score (nSPS) is 10.4. The van der Waals surface area contributed by atoms with Crippen LogP contribution < -0.4 is 16.6 Å². The second kappa shape index (κ2) is 7.59. The smallest absolute Gasteiger partial charge is 0.250 e. The Balaban J connectivity index is 2.07. The molecule has 6 heteroatoms. The van der Waals surface area contributed by atoms with Crippen LogP contribution in [0.25, 0.3) is 0 Å². The van der Waals surface area contributed by atoms with E-state index < -0.39 is 5.91 Å². The van der Waals surface area contributed by atoms with E-state index in [1.807, 2.05) is 6.07 Å². The van der Waals surface area contributed by atoms with E-state index in [0.29, 0.717) is 26.2 Å². The molecule has 0 aliphatic rings. The lowest BCUT2D eigenvalue weighted by Crippen LogP contribution is -2.29. The summed E-state index contributed by atoms with van der Waals surface area (Å²) in [5, 5.41) is 3.10. The van der Waals surface area contributed by atoms with E-state index in [-0.39, 0.29) is 12.2 Å². The maximum atomic E-state index is 11.3. The molecule has 0 spiro atoms. The number of amides is 1. The number of nitrogens with two attached hydrogens (primary N) is 1. The summed E-state index contributed by atoms with van der Waals surface area (Å²) in [4.78, 5) is 21.7. The molecule has 1 rings (SSSR count). The van der Waals surface area contributed by atoms with Gasteiger partial charge in [0.1, 0.15) is 6.61 Å². The van der Waals surface area contributed by atoms with Crippen molar-refractivity contribution in [3.05, 3.63) is 34.7 Å². The molecular weight excluding hydrogens is 222 g/mol. The fourth-order valence-electron chi connectivity index (χ4n) is 1.29. The Hall–Kier alpha value is -1.66. The number of hydrogen-bond donors (Lipinski definition) is 2. The fourth-order valence-corrected chi connectivity index (χ4v) is 1.29. The standard InChI is InChI=1S/C11H17N3O3/c12-10(15)9-17-8-5-13-4-7-14-6-2-1-3-11(14)16/h1-3,6,13H,4-5,7-9H2,(H2,12,15). The second-order valence-electron chi connectivity index (χ2n) is 3.50. The average Bonchev–Trinajstić information content (AvgIpc) is 2.30. The van der Waals surface area contributed by atoms with Crippen molar-refractivity contribution < 1.29 is 9.53 Å². The zero-order chi connectivity index (χ0) is 12.5. The molecule has 0 bridgehead atoms. The van der Waals surface area contributed by atoms with Gasteiger partial charge in [-0.25, -0.2) is 0 Å². The SMILES string of the molecule is NC(=O)COCCNCCn1ccccc1=O. The van der Waals surface area contributed by atoms with E-state index in [2.05, 4.69) is 5.32 Å². The van der Waals surface area contributed by atoms with Crippen molar-refractivity contribution in [3.8, 4) is 0 Å². The molecule has 0 atom stereocenters. The van der Waals surface area contributed by atoms with Crippen LogP contribution in [0, 0.1) is 0 Å². The Labute approximate surface area is 99.4 Å². The van der Waals surface area contributed by atoms with Crippen LogP contribution in [0.2, 0.25) is 0 Å². The Bertz CT molecular complexity index is 403. The molecule has 0 fully saturated rings. The molecule has 0 aromatic carbocycles. The van der Waals surface area contributed by atoms with Gasteiger partial charge in [-0.3, -0.25) is 9.59 Å². The number of carbonyl (C=O) groups excluding carboxylic acids is 1. The third-order valence-electron chi connectivity index (χ3n) is 2.10. The third-order valence-corrected chi connectivity index (χ3v) is 2.10. The van der Waals surface area contributed by atoms with Crippen LogP contribution in [0.3, 0.4) is 0 Å². The number of nitrogens with one attached hydrogen (secondary N) is 1. The van der Waals surface area contributed by atoms with Crippen molar-refractivity contribution in [2.45, 2.75) is 6.54 Å². The summed E-state index contributed by atoms with van der Waals surface area (Å²) >= 11 is 0. The van der Waals surface area contributed by atoms with Gasteiger partial charge in [-0.2, -0.15) is 0 Å². The first-order chi connectivity index (χ1) is 8.20. The predicted molar refractivity (Wildman–Crippen MR) is 63.6 cm³/mol. The van der Waals surface area contributed by atoms with Crippen LogP contribution in [0.4, 0.5) is 0 Å². The van der Waals surface area contributed by atoms with Crippen LogP contribution in [0.15, 0.2) is 29.2 Å². The Kier molecular flexibility index (Phi) is 5.98. The van der Waals surface area contributed by atoms with E-state index in [0.717, 1.165) is 0 Å². The molecule has 3 N–H and O–H groups in total. The first-order valence-electron chi connectivity index (χ1n) is 5.42. The predicted octanol–water partition coefficient (Wildman–Crippen LogP) is -1.06.